The van der Waals surface area contributed by atoms with Gasteiger partial charge in [0.25, 0.3) is 0 Å². The lowest BCUT2D eigenvalue weighted by atomic mass is 10.0. The molecule has 1 aliphatic rings. The van der Waals surface area contributed by atoms with E-state index < -0.39 is 0 Å². The predicted molar refractivity (Wildman–Crippen MR) is 67.7 cm³/mol. The fourth-order valence-electron chi connectivity index (χ4n) is 1.94. The quantitative estimate of drug-likeness (QED) is 0.904. The van der Waals surface area contributed by atoms with Gasteiger partial charge in [-0.3, -0.25) is 9.48 Å². The largest absolute Gasteiger partial charge is 0.384 e. The topological polar surface area (TPSA) is 56.1 Å². The lowest BCUT2D eigenvalue weighted by Gasteiger charge is -2.12. The molecule has 1 saturated carbocycles. The van der Waals surface area contributed by atoms with E-state index >= 15 is 0 Å². The fourth-order valence-corrected chi connectivity index (χ4v) is 2.39. The zero-order chi connectivity index (χ0) is 12.5. The SMILES string of the molecule is COCC1(CC(=O)Nc2cn(C)nc2Br)CC1. The maximum absolute atomic E-state index is 11.9. The van der Waals surface area contributed by atoms with E-state index in [1.165, 1.54) is 0 Å². The number of aromatic nitrogens is 2. The summed E-state index contributed by atoms with van der Waals surface area (Å²) in [6, 6.07) is 0. The van der Waals surface area contributed by atoms with Gasteiger partial charge in [-0.15, -0.1) is 0 Å². The first-order valence-electron chi connectivity index (χ1n) is 5.53. The van der Waals surface area contributed by atoms with Crippen LogP contribution in [0.4, 0.5) is 5.69 Å². The summed E-state index contributed by atoms with van der Waals surface area (Å²) in [7, 11) is 3.49. The second-order valence-corrected chi connectivity index (χ2v) is 5.42. The van der Waals surface area contributed by atoms with E-state index in [1.54, 1.807) is 18.0 Å². The Balaban J connectivity index is 1.91. The number of hydrogen-bond acceptors (Lipinski definition) is 3. The molecule has 94 valence electrons. The van der Waals surface area contributed by atoms with Crippen molar-refractivity contribution in [2.75, 3.05) is 19.0 Å². The van der Waals surface area contributed by atoms with Crippen LogP contribution in [-0.2, 0) is 16.6 Å². The Labute approximate surface area is 109 Å². The van der Waals surface area contributed by atoms with Crippen molar-refractivity contribution < 1.29 is 9.53 Å². The summed E-state index contributed by atoms with van der Waals surface area (Å²) in [6.07, 6.45) is 4.44. The van der Waals surface area contributed by atoms with Gasteiger partial charge in [0.15, 0.2) is 4.60 Å². The number of nitrogens with zero attached hydrogens (tertiary/aromatic N) is 2. The minimum absolute atomic E-state index is 0.0215. The maximum atomic E-state index is 11.9. The molecular weight excluding hydrogens is 286 g/mol. The van der Waals surface area contributed by atoms with Crippen molar-refractivity contribution in [2.45, 2.75) is 19.3 Å². The number of carbonyl (C=O) groups is 1. The van der Waals surface area contributed by atoms with E-state index in [0.29, 0.717) is 23.3 Å². The van der Waals surface area contributed by atoms with Crippen molar-refractivity contribution in [3.8, 4) is 0 Å². The summed E-state index contributed by atoms with van der Waals surface area (Å²) in [5.74, 6) is 0.0215. The molecular formula is C11H16BrN3O2. The Hall–Kier alpha value is -0.880. The van der Waals surface area contributed by atoms with Crippen LogP contribution in [0.2, 0.25) is 0 Å². The van der Waals surface area contributed by atoms with Crippen molar-refractivity contribution in [3.63, 3.8) is 0 Å². The van der Waals surface area contributed by atoms with Gasteiger partial charge in [0.05, 0.1) is 12.3 Å². The van der Waals surface area contributed by atoms with Crippen molar-refractivity contribution in [3.05, 3.63) is 10.8 Å². The standard InChI is InChI=1S/C11H16BrN3O2/c1-15-6-8(10(12)14-15)13-9(16)5-11(3-4-11)7-17-2/h6H,3-5,7H2,1-2H3,(H,13,16). The summed E-state index contributed by atoms with van der Waals surface area (Å²) in [4.78, 5) is 11.9. The van der Waals surface area contributed by atoms with Crippen molar-refractivity contribution >= 4 is 27.5 Å². The van der Waals surface area contributed by atoms with Crippen molar-refractivity contribution in [1.29, 1.82) is 0 Å². The first kappa shape index (κ1) is 12.6. The van der Waals surface area contributed by atoms with Crippen LogP contribution in [0.5, 0.6) is 0 Å². The number of amides is 1. The smallest absolute Gasteiger partial charge is 0.225 e. The normalized spacial score (nSPS) is 16.9. The number of aryl methyl sites for hydroxylation is 1. The van der Waals surface area contributed by atoms with E-state index in [1.807, 2.05) is 7.05 Å². The molecule has 0 radical (unpaired) electrons. The zero-order valence-electron chi connectivity index (χ0n) is 9.99. The van der Waals surface area contributed by atoms with E-state index in [-0.39, 0.29) is 11.3 Å². The van der Waals surface area contributed by atoms with Gasteiger partial charge < -0.3 is 10.1 Å². The lowest BCUT2D eigenvalue weighted by molar-refractivity contribution is -0.117. The first-order valence-corrected chi connectivity index (χ1v) is 6.32. The predicted octanol–water partition coefficient (Wildman–Crippen LogP) is 1.94. The van der Waals surface area contributed by atoms with Crippen LogP contribution in [0, 0.1) is 5.41 Å². The van der Waals surface area contributed by atoms with Crippen LogP contribution < -0.4 is 5.32 Å². The molecule has 1 heterocycles. The fraction of sp³-hybridized carbons (Fsp3) is 0.636. The number of anilines is 1. The molecule has 0 atom stereocenters. The second-order valence-electron chi connectivity index (χ2n) is 4.67. The zero-order valence-corrected chi connectivity index (χ0v) is 11.6. The van der Waals surface area contributed by atoms with Crippen LogP contribution in [0.3, 0.4) is 0 Å². The van der Waals surface area contributed by atoms with Gasteiger partial charge in [-0.2, -0.15) is 5.10 Å². The molecule has 1 aliphatic carbocycles. The summed E-state index contributed by atoms with van der Waals surface area (Å²) in [5, 5.41) is 6.97. The Bertz CT molecular complexity index is 426. The highest BCUT2D eigenvalue weighted by atomic mass is 79.9. The molecule has 1 aromatic rings. The molecule has 1 amide bonds. The number of nitrogens with one attached hydrogen (secondary N) is 1. The van der Waals surface area contributed by atoms with Crippen LogP contribution in [0.15, 0.2) is 10.8 Å². The third-order valence-electron chi connectivity index (χ3n) is 3.00. The van der Waals surface area contributed by atoms with Gasteiger partial charge >= 0.3 is 0 Å². The summed E-state index contributed by atoms with van der Waals surface area (Å²) in [5.41, 5.74) is 0.791. The second kappa shape index (κ2) is 4.78. The molecule has 0 aliphatic heterocycles. The van der Waals surface area contributed by atoms with E-state index in [4.69, 9.17) is 4.74 Å². The average Bonchev–Trinajstić information content (AvgIpc) is 2.89. The molecule has 6 heteroatoms. The van der Waals surface area contributed by atoms with Gasteiger partial charge in [0.2, 0.25) is 5.91 Å². The lowest BCUT2D eigenvalue weighted by Crippen LogP contribution is -2.20. The number of methoxy groups -OCH3 is 1. The summed E-state index contributed by atoms with van der Waals surface area (Å²) < 4.78 is 7.45. The van der Waals surface area contributed by atoms with E-state index in [0.717, 1.165) is 12.8 Å². The van der Waals surface area contributed by atoms with E-state index in [2.05, 4.69) is 26.3 Å². The number of halogens is 1. The molecule has 0 bridgehead atoms. The van der Waals surface area contributed by atoms with Crippen LogP contribution in [-0.4, -0.2) is 29.4 Å². The molecule has 17 heavy (non-hydrogen) atoms. The number of ether oxygens (including phenoxy) is 1. The highest BCUT2D eigenvalue weighted by Crippen LogP contribution is 2.49. The van der Waals surface area contributed by atoms with Crippen molar-refractivity contribution in [2.24, 2.45) is 12.5 Å². The van der Waals surface area contributed by atoms with Crippen LogP contribution >= 0.6 is 15.9 Å². The molecule has 0 unspecified atom stereocenters. The van der Waals surface area contributed by atoms with Gasteiger partial charge in [-0.1, -0.05) is 0 Å². The van der Waals surface area contributed by atoms with Gasteiger partial charge in [-0.25, -0.2) is 0 Å². The van der Waals surface area contributed by atoms with E-state index in [9.17, 15) is 4.79 Å². The number of carbonyl (C=O) groups excluding carboxylic acids is 1. The molecule has 1 N–H and O–H groups in total. The van der Waals surface area contributed by atoms with Crippen LogP contribution in [0.25, 0.3) is 0 Å². The molecule has 5 nitrogen and oxygen atoms in total. The Morgan fingerprint density at radius 2 is 2.41 bits per heavy atom. The van der Waals surface area contributed by atoms with Crippen molar-refractivity contribution in [1.82, 2.24) is 9.78 Å². The molecule has 1 fully saturated rings. The Morgan fingerprint density at radius 3 is 2.88 bits per heavy atom. The minimum Gasteiger partial charge on any atom is -0.384 e. The number of rotatable bonds is 5. The first-order chi connectivity index (χ1) is 8.04. The third kappa shape index (κ3) is 3.07. The highest BCUT2D eigenvalue weighted by molar-refractivity contribution is 9.10. The Morgan fingerprint density at radius 1 is 1.71 bits per heavy atom. The van der Waals surface area contributed by atoms with Gasteiger partial charge in [0.1, 0.15) is 0 Å². The molecule has 0 saturated heterocycles. The van der Waals surface area contributed by atoms with Gasteiger partial charge in [0, 0.05) is 32.2 Å². The minimum atomic E-state index is 0.0215. The average molecular weight is 302 g/mol. The van der Waals surface area contributed by atoms with Crippen LogP contribution in [0.1, 0.15) is 19.3 Å². The molecule has 0 spiro atoms. The molecule has 1 aromatic heterocycles. The summed E-state index contributed by atoms with van der Waals surface area (Å²) in [6.45, 7) is 0.661. The summed E-state index contributed by atoms with van der Waals surface area (Å²) >= 11 is 3.30. The maximum Gasteiger partial charge on any atom is 0.225 e. The molecule has 0 aromatic carbocycles. The number of hydrogen-bond donors (Lipinski definition) is 1. The Kier molecular flexibility index (Phi) is 3.53. The third-order valence-corrected chi connectivity index (χ3v) is 3.59. The molecule has 2 rings (SSSR count). The highest BCUT2D eigenvalue weighted by Gasteiger charge is 2.44. The van der Waals surface area contributed by atoms with Gasteiger partial charge in [-0.05, 0) is 28.8 Å². The monoisotopic (exact) mass is 301 g/mol.